The number of hydrogen-bond acceptors (Lipinski definition) is 5. The molecule has 0 spiro atoms. The first-order chi connectivity index (χ1) is 10.2. The Morgan fingerprint density at radius 1 is 1.38 bits per heavy atom. The molecular weight excluding hydrogens is 288 g/mol. The van der Waals surface area contributed by atoms with Gasteiger partial charge < -0.3 is 9.84 Å². The molecule has 2 saturated heterocycles. The fraction of sp³-hybridized carbons (Fsp3) is 0.533. The minimum Gasteiger partial charge on any atom is -0.480 e. The molecule has 6 heteroatoms. The van der Waals surface area contributed by atoms with E-state index in [1.54, 1.807) is 11.8 Å². The van der Waals surface area contributed by atoms with Crippen LogP contribution in [0.3, 0.4) is 0 Å². The number of carboxylic acids is 1. The van der Waals surface area contributed by atoms with Gasteiger partial charge in [-0.1, -0.05) is 24.3 Å². The second kappa shape index (κ2) is 6.79. The van der Waals surface area contributed by atoms with Gasteiger partial charge in [0.1, 0.15) is 6.04 Å². The van der Waals surface area contributed by atoms with E-state index in [0.717, 1.165) is 32.8 Å². The molecule has 2 fully saturated rings. The predicted octanol–water partition coefficient (Wildman–Crippen LogP) is 1.31. The summed E-state index contributed by atoms with van der Waals surface area (Å²) in [4.78, 5) is 13.5. The van der Waals surface area contributed by atoms with Crippen molar-refractivity contribution in [3.8, 4) is 0 Å². The van der Waals surface area contributed by atoms with Gasteiger partial charge in [0, 0.05) is 25.4 Å². The summed E-state index contributed by atoms with van der Waals surface area (Å²) in [6.45, 7) is 4.39. The summed E-state index contributed by atoms with van der Waals surface area (Å²) in [5.41, 5.74) is 2.48. The number of carbonyl (C=O) groups is 1. The number of nitrogens with zero attached hydrogens (tertiary/aromatic N) is 1. The first-order valence-corrected chi connectivity index (χ1v) is 8.27. The van der Waals surface area contributed by atoms with Crippen LogP contribution in [0.1, 0.15) is 16.5 Å². The first-order valence-electron chi connectivity index (χ1n) is 7.22. The van der Waals surface area contributed by atoms with Gasteiger partial charge in [0.25, 0.3) is 0 Å². The van der Waals surface area contributed by atoms with Gasteiger partial charge in [-0.2, -0.15) is 0 Å². The Morgan fingerprint density at radius 2 is 2.14 bits per heavy atom. The van der Waals surface area contributed by atoms with Crippen LogP contribution in [0.5, 0.6) is 0 Å². The van der Waals surface area contributed by atoms with Crippen molar-refractivity contribution in [2.24, 2.45) is 0 Å². The molecule has 5 nitrogen and oxygen atoms in total. The van der Waals surface area contributed by atoms with Crippen LogP contribution in [0.25, 0.3) is 0 Å². The summed E-state index contributed by atoms with van der Waals surface area (Å²) in [7, 11) is 0. The molecule has 0 amide bonds. The smallest absolute Gasteiger partial charge is 0.321 e. The van der Waals surface area contributed by atoms with Crippen LogP contribution in [0.15, 0.2) is 24.3 Å². The Kier molecular flexibility index (Phi) is 4.80. The van der Waals surface area contributed by atoms with Gasteiger partial charge in [-0.3, -0.25) is 15.0 Å². The van der Waals surface area contributed by atoms with Crippen LogP contribution >= 0.6 is 11.8 Å². The van der Waals surface area contributed by atoms with Crippen molar-refractivity contribution in [3.05, 3.63) is 35.4 Å². The van der Waals surface area contributed by atoms with Crippen molar-refractivity contribution in [2.45, 2.75) is 18.0 Å². The van der Waals surface area contributed by atoms with E-state index in [1.807, 2.05) is 12.1 Å². The average molecular weight is 308 g/mol. The van der Waals surface area contributed by atoms with Crippen molar-refractivity contribution in [1.29, 1.82) is 0 Å². The Bertz CT molecular complexity index is 505. The normalized spacial score (nSPS) is 26.9. The van der Waals surface area contributed by atoms with Crippen molar-refractivity contribution < 1.29 is 14.6 Å². The largest absolute Gasteiger partial charge is 0.480 e. The van der Waals surface area contributed by atoms with Crippen molar-refractivity contribution in [1.82, 2.24) is 10.2 Å². The van der Waals surface area contributed by atoms with Crippen molar-refractivity contribution >= 4 is 17.7 Å². The van der Waals surface area contributed by atoms with Gasteiger partial charge in [0.2, 0.25) is 0 Å². The lowest BCUT2D eigenvalue weighted by molar-refractivity contribution is -0.138. The molecule has 1 aromatic rings. The van der Waals surface area contributed by atoms with Gasteiger partial charge in [-0.15, -0.1) is 11.8 Å². The third-order valence-electron chi connectivity index (χ3n) is 3.92. The average Bonchev–Trinajstić information content (AvgIpc) is 2.99. The maximum absolute atomic E-state index is 11.1. The number of nitrogens with one attached hydrogen (secondary N) is 1. The number of hydrogen-bond donors (Lipinski definition) is 2. The molecule has 0 aromatic heterocycles. The molecule has 2 aliphatic heterocycles. The second-order valence-electron chi connectivity index (χ2n) is 5.36. The third-order valence-corrected chi connectivity index (χ3v) is 5.16. The van der Waals surface area contributed by atoms with E-state index in [-0.39, 0.29) is 5.37 Å². The number of ether oxygens (including phenoxy) is 1. The van der Waals surface area contributed by atoms with Crippen LogP contribution < -0.4 is 5.32 Å². The molecule has 3 rings (SSSR count). The Labute approximate surface area is 128 Å². The number of morpholine rings is 1. The maximum Gasteiger partial charge on any atom is 0.321 e. The number of thioether (sulfide) groups is 1. The molecule has 2 N–H and O–H groups in total. The zero-order valence-electron chi connectivity index (χ0n) is 11.8. The second-order valence-corrected chi connectivity index (χ2v) is 6.50. The Hall–Kier alpha value is -1.08. The standard InChI is InChI=1S/C15H20N2O3S/c18-15(19)13-10-21-14(16-13)12-4-2-1-3-11(12)9-17-5-7-20-8-6-17/h1-4,13-14,16H,5-10H2,(H,18,19). The molecule has 2 heterocycles. The van der Waals surface area contributed by atoms with Crippen LogP contribution in [-0.4, -0.2) is 54.1 Å². The van der Waals surface area contributed by atoms with Gasteiger partial charge >= 0.3 is 5.97 Å². The highest BCUT2D eigenvalue weighted by molar-refractivity contribution is 7.99. The van der Waals surface area contributed by atoms with Gasteiger partial charge in [-0.25, -0.2) is 0 Å². The molecule has 2 atom stereocenters. The summed E-state index contributed by atoms with van der Waals surface area (Å²) in [6, 6.07) is 7.87. The van der Waals surface area contributed by atoms with Crippen LogP contribution in [0.4, 0.5) is 0 Å². The monoisotopic (exact) mass is 308 g/mol. The lowest BCUT2D eigenvalue weighted by Gasteiger charge is -2.28. The minimum atomic E-state index is -0.768. The molecule has 0 aliphatic carbocycles. The molecule has 2 unspecified atom stereocenters. The molecule has 1 aromatic carbocycles. The van der Waals surface area contributed by atoms with Crippen molar-refractivity contribution in [3.63, 3.8) is 0 Å². The highest BCUT2D eigenvalue weighted by Gasteiger charge is 2.31. The van der Waals surface area contributed by atoms with Crippen LogP contribution in [0, 0.1) is 0 Å². The van der Waals surface area contributed by atoms with E-state index in [4.69, 9.17) is 9.84 Å². The summed E-state index contributed by atoms with van der Waals surface area (Å²) < 4.78 is 5.38. The van der Waals surface area contributed by atoms with Gasteiger partial charge in [0.05, 0.1) is 18.6 Å². The minimum absolute atomic E-state index is 0.0725. The van der Waals surface area contributed by atoms with Gasteiger partial charge in [-0.05, 0) is 11.1 Å². The summed E-state index contributed by atoms with van der Waals surface area (Å²) in [5.74, 6) is -0.151. The molecule has 2 aliphatic rings. The van der Waals surface area contributed by atoms with E-state index in [0.29, 0.717) is 5.75 Å². The lowest BCUT2D eigenvalue weighted by Crippen LogP contribution is -2.36. The predicted molar refractivity (Wildman–Crippen MR) is 82.3 cm³/mol. The summed E-state index contributed by atoms with van der Waals surface area (Å²) in [6.07, 6.45) is 0. The molecule has 114 valence electrons. The fourth-order valence-corrected chi connectivity index (χ4v) is 4.02. The SMILES string of the molecule is O=C(O)C1CSC(c2ccccc2CN2CCOCC2)N1. The van der Waals surface area contributed by atoms with Crippen molar-refractivity contribution in [2.75, 3.05) is 32.1 Å². The first kappa shape index (κ1) is 14.8. The zero-order valence-corrected chi connectivity index (χ0v) is 12.6. The quantitative estimate of drug-likeness (QED) is 0.874. The van der Waals surface area contributed by atoms with E-state index in [2.05, 4.69) is 22.3 Å². The van der Waals surface area contributed by atoms with E-state index < -0.39 is 12.0 Å². The number of benzene rings is 1. The Balaban J connectivity index is 1.72. The van der Waals surface area contributed by atoms with Crippen LogP contribution in [0.2, 0.25) is 0 Å². The van der Waals surface area contributed by atoms with E-state index in [9.17, 15) is 4.79 Å². The number of aliphatic carboxylic acids is 1. The molecule has 0 saturated carbocycles. The third kappa shape index (κ3) is 3.58. The van der Waals surface area contributed by atoms with Gasteiger partial charge in [0.15, 0.2) is 0 Å². The maximum atomic E-state index is 11.1. The number of carboxylic acid groups (broad SMARTS) is 1. The van der Waals surface area contributed by atoms with Crippen LogP contribution in [-0.2, 0) is 16.1 Å². The molecule has 21 heavy (non-hydrogen) atoms. The van der Waals surface area contributed by atoms with E-state index >= 15 is 0 Å². The summed E-state index contributed by atoms with van der Waals surface area (Å²) >= 11 is 1.67. The molecule has 0 radical (unpaired) electrons. The molecule has 0 bridgehead atoms. The lowest BCUT2D eigenvalue weighted by atomic mass is 10.1. The van der Waals surface area contributed by atoms with E-state index in [1.165, 1.54) is 11.1 Å². The fourth-order valence-electron chi connectivity index (χ4n) is 2.73. The zero-order chi connectivity index (χ0) is 14.7. The number of rotatable bonds is 4. The topological polar surface area (TPSA) is 61.8 Å². The molecular formula is C15H20N2O3S. The summed E-state index contributed by atoms with van der Waals surface area (Å²) in [5, 5.41) is 12.4. The highest BCUT2D eigenvalue weighted by atomic mass is 32.2. The Morgan fingerprint density at radius 3 is 2.86 bits per heavy atom. The highest BCUT2D eigenvalue weighted by Crippen LogP contribution is 2.35.